The maximum atomic E-state index is 10.5. The molecule has 0 spiro atoms. The molecular formula is C8H16O3S. The SMILES string of the molecule is CS(=O)OCCC1CCCOC1. The lowest BCUT2D eigenvalue weighted by molar-refractivity contribution is 0.0469. The third kappa shape index (κ3) is 4.18. The average Bonchev–Trinajstić information content (AvgIpc) is 2.05. The lowest BCUT2D eigenvalue weighted by atomic mass is 9.99. The van der Waals surface area contributed by atoms with Crippen molar-refractivity contribution >= 4 is 11.1 Å². The quantitative estimate of drug-likeness (QED) is 0.669. The van der Waals surface area contributed by atoms with Gasteiger partial charge in [0.15, 0.2) is 11.1 Å². The zero-order chi connectivity index (χ0) is 8.81. The highest BCUT2D eigenvalue weighted by molar-refractivity contribution is 7.79. The maximum absolute atomic E-state index is 10.5. The molecule has 0 aromatic heterocycles. The summed E-state index contributed by atoms with van der Waals surface area (Å²) in [5.41, 5.74) is 0. The van der Waals surface area contributed by atoms with E-state index in [2.05, 4.69) is 0 Å². The molecule has 0 radical (unpaired) electrons. The Labute approximate surface area is 76.1 Å². The van der Waals surface area contributed by atoms with Crippen molar-refractivity contribution in [1.82, 2.24) is 0 Å². The van der Waals surface area contributed by atoms with Crippen LogP contribution in [0.5, 0.6) is 0 Å². The maximum Gasteiger partial charge on any atom is 0.152 e. The Morgan fingerprint density at radius 2 is 2.50 bits per heavy atom. The smallest absolute Gasteiger partial charge is 0.152 e. The number of rotatable bonds is 4. The van der Waals surface area contributed by atoms with Gasteiger partial charge in [0.2, 0.25) is 0 Å². The van der Waals surface area contributed by atoms with Gasteiger partial charge in [-0.2, -0.15) is 0 Å². The molecule has 1 aliphatic heterocycles. The van der Waals surface area contributed by atoms with Gasteiger partial charge < -0.3 is 4.74 Å². The van der Waals surface area contributed by atoms with Gasteiger partial charge in [-0.15, -0.1) is 0 Å². The van der Waals surface area contributed by atoms with Crippen LogP contribution in [0.2, 0.25) is 0 Å². The molecule has 0 N–H and O–H groups in total. The molecule has 2 atom stereocenters. The summed E-state index contributed by atoms with van der Waals surface area (Å²) in [6.45, 7) is 2.34. The lowest BCUT2D eigenvalue weighted by Gasteiger charge is -2.21. The molecule has 2 unspecified atom stereocenters. The molecular weight excluding hydrogens is 176 g/mol. The minimum absolute atomic E-state index is 0.594. The van der Waals surface area contributed by atoms with Crippen molar-refractivity contribution in [2.75, 3.05) is 26.1 Å². The van der Waals surface area contributed by atoms with E-state index in [0.29, 0.717) is 12.5 Å². The second-order valence-electron chi connectivity index (χ2n) is 3.10. The number of hydrogen-bond donors (Lipinski definition) is 0. The molecule has 1 rings (SSSR count). The van der Waals surface area contributed by atoms with Crippen molar-refractivity contribution < 1.29 is 13.1 Å². The zero-order valence-electron chi connectivity index (χ0n) is 7.45. The van der Waals surface area contributed by atoms with Crippen molar-refractivity contribution in [3.63, 3.8) is 0 Å². The van der Waals surface area contributed by atoms with E-state index < -0.39 is 11.1 Å². The van der Waals surface area contributed by atoms with Gasteiger partial charge in [0.25, 0.3) is 0 Å². The fraction of sp³-hybridized carbons (Fsp3) is 1.00. The summed E-state index contributed by atoms with van der Waals surface area (Å²) in [4.78, 5) is 0. The van der Waals surface area contributed by atoms with Gasteiger partial charge in [-0.05, 0) is 25.2 Å². The van der Waals surface area contributed by atoms with Gasteiger partial charge in [0, 0.05) is 19.5 Å². The number of hydrogen-bond acceptors (Lipinski definition) is 3. The van der Waals surface area contributed by atoms with Crippen LogP contribution in [0.4, 0.5) is 0 Å². The summed E-state index contributed by atoms with van der Waals surface area (Å²) in [5, 5.41) is 0. The van der Waals surface area contributed by atoms with E-state index in [4.69, 9.17) is 8.92 Å². The van der Waals surface area contributed by atoms with E-state index in [1.54, 1.807) is 6.26 Å². The van der Waals surface area contributed by atoms with E-state index >= 15 is 0 Å². The van der Waals surface area contributed by atoms with E-state index in [-0.39, 0.29) is 0 Å². The molecule has 0 aliphatic carbocycles. The number of ether oxygens (including phenoxy) is 1. The molecule has 12 heavy (non-hydrogen) atoms. The predicted molar refractivity (Wildman–Crippen MR) is 48.2 cm³/mol. The largest absolute Gasteiger partial charge is 0.381 e. The van der Waals surface area contributed by atoms with Crippen LogP contribution in [-0.4, -0.2) is 30.3 Å². The lowest BCUT2D eigenvalue weighted by Crippen LogP contribution is -2.18. The first-order valence-corrected chi connectivity index (χ1v) is 5.82. The van der Waals surface area contributed by atoms with Crippen LogP contribution in [0.3, 0.4) is 0 Å². The van der Waals surface area contributed by atoms with E-state index in [1.807, 2.05) is 0 Å². The monoisotopic (exact) mass is 192 g/mol. The van der Waals surface area contributed by atoms with Crippen LogP contribution in [0.15, 0.2) is 0 Å². The standard InChI is InChI=1S/C8H16O3S/c1-12(9)11-6-4-8-3-2-5-10-7-8/h8H,2-7H2,1H3. The summed E-state index contributed by atoms with van der Waals surface area (Å²) < 4.78 is 20.8. The van der Waals surface area contributed by atoms with Crippen molar-refractivity contribution in [3.8, 4) is 0 Å². The summed E-state index contributed by atoms with van der Waals surface area (Å²) in [7, 11) is 0. The van der Waals surface area contributed by atoms with Crippen LogP contribution < -0.4 is 0 Å². The van der Waals surface area contributed by atoms with Gasteiger partial charge in [-0.25, -0.2) is 4.21 Å². The summed E-state index contributed by atoms with van der Waals surface area (Å²) in [6.07, 6.45) is 4.90. The average molecular weight is 192 g/mol. The second-order valence-corrected chi connectivity index (χ2v) is 4.13. The Kier molecular flexibility index (Phi) is 4.80. The third-order valence-electron chi connectivity index (χ3n) is 2.03. The van der Waals surface area contributed by atoms with Gasteiger partial charge >= 0.3 is 0 Å². The summed E-state index contributed by atoms with van der Waals surface area (Å²) in [5.74, 6) is 0.613. The normalized spacial score (nSPS) is 26.9. The summed E-state index contributed by atoms with van der Waals surface area (Å²) >= 11 is -1.11. The minimum atomic E-state index is -1.11. The van der Waals surface area contributed by atoms with Crippen LogP contribution >= 0.6 is 0 Å². The van der Waals surface area contributed by atoms with E-state index in [0.717, 1.165) is 26.1 Å². The molecule has 72 valence electrons. The molecule has 3 nitrogen and oxygen atoms in total. The van der Waals surface area contributed by atoms with Gasteiger partial charge in [-0.3, -0.25) is 4.18 Å². The van der Waals surface area contributed by atoms with Crippen molar-refractivity contribution in [2.45, 2.75) is 19.3 Å². The van der Waals surface area contributed by atoms with Crippen LogP contribution in [0.1, 0.15) is 19.3 Å². The van der Waals surface area contributed by atoms with Crippen molar-refractivity contribution in [2.24, 2.45) is 5.92 Å². The fourth-order valence-corrected chi connectivity index (χ4v) is 1.70. The van der Waals surface area contributed by atoms with Crippen LogP contribution in [0, 0.1) is 5.92 Å². The third-order valence-corrected chi connectivity index (χ3v) is 2.53. The minimum Gasteiger partial charge on any atom is -0.381 e. The molecule has 0 amide bonds. The molecule has 1 aliphatic rings. The highest BCUT2D eigenvalue weighted by Crippen LogP contribution is 2.16. The first-order valence-electron chi connectivity index (χ1n) is 4.33. The first-order chi connectivity index (χ1) is 5.79. The molecule has 1 fully saturated rings. The Morgan fingerprint density at radius 1 is 1.67 bits per heavy atom. The fourth-order valence-electron chi connectivity index (χ4n) is 1.37. The molecule has 1 heterocycles. The first kappa shape index (κ1) is 10.2. The Morgan fingerprint density at radius 3 is 3.08 bits per heavy atom. The highest BCUT2D eigenvalue weighted by Gasteiger charge is 2.13. The van der Waals surface area contributed by atoms with Crippen molar-refractivity contribution in [1.29, 1.82) is 0 Å². The highest BCUT2D eigenvalue weighted by atomic mass is 32.2. The zero-order valence-corrected chi connectivity index (χ0v) is 8.27. The summed E-state index contributed by atoms with van der Waals surface area (Å²) in [6, 6.07) is 0. The molecule has 1 saturated heterocycles. The van der Waals surface area contributed by atoms with Gasteiger partial charge in [0.05, 0.1) is 6.61 Å². The predicted octanol–water partition coefficient (Wildman–Crippen LogP) is 1.11. The molecule has 0 aromatic carbocycles. The molecule has 0 saturated carbocycles. The second kappa shape index (κ2) is 5.67. The molecule has 0 bridgehead atoms. The Balaban J connectivity index is 2.01. The van der Waals surface area contributed by atoms with Gasteiger partial charge in [-0.1, -0.05) is 0 Å². The molecule has 4 heteroatoms. The van der Waals surface area contributed by atoms with E-state index in [1.165, 1.54) is 6.42 Å². The Bertz CT molecular complexity index is 143. The molecule has 0 aromatic rings. The van der Waals surface area contributed by atoms with Crippen LogP contribution in [-0.2, 0) is 20.0 Å². The Hall–Kier alpha value is 0.0700. The van der Waals surface area contributed by atoms with Gasteiger partial charge in [0.1, 0.15) is 0 Å². The van der Waals surface area contributed by atoms with E-state index in [9.17, 15) is 4.21 Å². The van der Waals surface area contributed by atoms with Crippen molar-refractivity contribution in [3.05, 3.63) is 0 Å². The van der Waals surface area contributed by atoms with Crippen LogP contribution in [0.25, 0.3) is 0 Å². The topological polar surface area (TPSA) is 35.5 Å².